The molecule has 1 aliphatic heterocycles. The highest BCUT2D eigenvalue weighted by Crippen LogP contribution is 2.35. The first-order valence-corrected chi connectivity index (χ1v) is 14.4. The summed E-state index contributed by atoms with van der Waals surface area (Å²) < 4.78 is 7.53. The summed E-state index contributed by atoms with van der Waals surface area (Å²) in [4.78, 5) is 8.00. The fraction of sp³-hybridized carbons (Fsp3) is 0.429. The highest BCUT2D eigenvalue weighted by atomic mass is 79.9. The molecular weight excluding hydrogens is 484 g/mol. The average Bonchev–Trinajstić information content (AvgIpc) is 3.04. The molecule has 2 atom stereocenters. The van der Waals surface area contributed by atoms with Crippen LogP contribution in [0.2, 0.25) is 24.8 Å². The lowest BCUT2D eigenvalue weighted by Gasteiger charge is -2.38. The molecule has 0 saturated carbocycles. The van der Waals surface area contributed by atoms with Gasteiger partial charge in [0.15, 0.2) is 8.32 Å². The van der Waals surface area contributed by atoms with Crippen LogP contribution in [0.3, 0.4) is 0 Å². The lowest BCUT2D eigenvalue weighted by atomic mass is 10.0. The number of rotatable bonds is 7. The topological polar surface area (TPSA) is 70.5 Å². The second kappa shape index (κ2) is 9.06. The second-order valence-corrected chi connectivity index (χ2v) is 14.6. The number of benzene rings is 1. The Morgan fingerprint density at radius 3 is 2.73 bits per heavy atom. The molecule has 6 nitrogen and oxygen atoms in total. The van der Waals surface area contributed by atoms with Gasteiger partial charge in [-0.15, -0.1) is 0 Å². The molecule has 0 spiro atoms. The van der Waals surface area contributed by atoms with Crippen LogP contribution in [-0.4, -0.2) is 40.0 Å². The van der Waals surface area contributed by atoms with Gasteiger partial charge in [0, 0.05) is 16.2 Å². The Labute approximate surface area is 192 Å². The smallest absolute Gasteiger partial charge is 0.185 e. The minimum Gasteiger partial charge on any atom is -0.407 e. The van der Waals surface area contributed by atoms with Crippen LogP contribution in [0.4, 0.5) is 0 Å². The molecule has 1 aromatic heterocycles. The second-order valence-electron chi connectivity index (χ2n) is 8.86. The average molecular weight is 512 g/mol. The first-order chi connectivity index (χ1) is 14.0. The fourth-order valence-electron chi connectivity index (χ4n) is 3.72. The van der Waals surface area contributed by atoms with Crippen molar-refractivity contribution < 1.29 is 9.53 Å². The van der Waals surface area contributed by atoms with Gasteiger partial charge in [-0.1, -0.05) is 39.7 Å². The molecule has 30 heavy (non-hydrogen) atoms. The Kier molecular flexibility index (Phi) is 7.06. The minimum atomic E-state index is -1.82. The van der Waals surface area contributed by atoms with E-state index in [1.54, 1.807) is 6.20 Å². The third-order valence-electron chi connectivity index (χ3n) is 4.69. The number of hydrogen-bond donors (Lipinski definition) is 2. The van der Waals surface area contributed by atoms with E-state index in [2.05, 4.69) is 76.9 Å². The van der Waals surface area contributed by atoms with Crippen molar-refractivity contribution in [3.05, 3.63) is 69.3 Å². The van der Waals surface area contributed by atoms with E-state index in [1.807, 2.05) is 23.2 Å². The number of hydrogen-bond acceptors (Lipinski definition) is 6. The molecule has 1 aliphatic rings. The maximum absolute atomic E-state index is 11.0. The molecule has 0 aliphatic carbocycles. The van der Waals surface area contributed by atoms with Gasteiger partial charge in [-0.05, 0) is 57.3 Å². The zero-order chi connectivity index (χ0) is 22.1. The normalized spacial score (nSPS) is 18.5. The third-order valence-corrected chi connectivity index (χ3v) is 6.62. The third kappa shape index (κ3) is 5.69. The van der Waals surface area contributed by atoms with Crippen molar-refractivity contribution in [2.24, 2.45) is 0 Å². The number of aliphatic hydroxyl groups is 1. The van der Waals surface area contributed by atoms with E-state index in [1.165, 1.54) is 6.33 Å². The van der Waals surface area contributed by atoms with Crippen LogP contribution in [0.25, 0.3) is 0 Å². The zero-order valence-corrected chi connectivity index (χ0v) is 21.2. The van der Waals surface area contributed by atoms with Gasteiger partial charge in [0.05, 0.1) is 23.9 Å². The number of aromatic nitrogens is 2. The van der Waals surface area contributed by atoms with E-state index in [9.17, 15) is 5.11 Å². The van der Waals surface area contributed by atoms with E-state index >= 15 is 0 Å². The van der Waals surface area contributed by atoms with E-state index in [0.717, 1.165) is 15.7 Å². The summed E-state index contributed by atoms with van der Waals surface area (Å²) in [6.07, 6.45) is 4.04. The minimum absolute atomic E-state index is 0.247. The number of nitrogens with one attached hydrogen (secondary N) is 1. The fourth-order valence-corrected chi connectivity index (χ4v) is 6.00. The van der Waals surface area contributed by atoms with Crippen LogP contribution in [0, 0.1) is 0 Å². The lowest BCUT2D eigenvalue weighted by molar-refractivity contribution is 0.0722. The molecule has 0 saturated heterocycles. The van der Waals surface area contributed by atoms with Gasteiger partial charge in [0.2, 0.25) is 0 Å². The predicted octanol–water partition coefficient (Wildman–Crippen LogP) is 4.83. The highest BCUT2D eigenvalue weighted by Gasteiger charge is 2.40. The maximum atomic E-state index is 11.0. The van der Waals surface area contributed by atoms with Crippen molar-refractivity contribution in [2.45, 2.75) is 57.8 Å². The summed E-state index contributed by atoms with van der Waals surface area (Å²) >= 11 is 9.74. The Balaban J connectivity index is 1.93. The Bertz CT molecular complexity index is 935. The largest absolute Gasteiger partial charge is 0.407 e. The number of aliphatic hydroxyl groups excluding tert-OH is 1. The molecule has 9 heteroatoms. The van der Waals surface area contributed by atoms with Gasteiger partial charge < -0.3 is 14.5 Å². The molecule has 0 radical (unpaired) electrons. The maximum Gasteiger partial charge on any atom is 0.185 e. The number of hydrazine groups is 1. The SMILES string of the molecule is CC(C)(O[Si](C)(C)C)C1=CC(C(O)c2cncnc2Cl)NN1Cc1cccc(Br)c1. The summed E-state index contributed by atoms with van der Waals surface area (Å²) in [6.45, 7) is 11.3. The summed E-state index contributed by atoms with van der Waals surface area (Å²) in [5, 5.41) is 13.3. The Hall–Kier alpha value is -1.29. The molecule has 162 valence electrons. The van der Waals surface area contributed by atoms with E-state index in [0.29, 0.717) is 12.1 Å². The van der Waals surface area contributed by atoms with Gasteiger partial charge in [0.1, 0.15) is 17.6 Å². The first-order valence-electron chi connectivity index (χ1n) is 9.80. The summed E-state index contributed by atoms with van der Waals surface area (Å²) in [6, 6.07) is 7.77. The van der Waals surface area contributed by atoms with Crippen molar-refractivity contribution in [1.29, 1.82) is 0 Å². The summed E-state index contributed by atoms with van der Waals surface area (Å²) in [5.41, 5.74) is 5.48. The van der Waals surface area contributed by atoms with Crippen LogP contribution in [-0.2, 0) is 11.0 Å². The van der Waals surface area contributed by atoms with E-state index in [-0.39, 0.29) is 11.2 Å². The van der Waals surface area contributed by atoms with Crippen molar-refractivity contribution in [1.82, 2.24) is 20.4 Å². The highest BCUT2D eigenvalue weighted by molar-refractivity contribution is 9.10. The van der Waals surface area contributed by atoms with Crippen LogP contribution < -0.4 is 5.43 Å². The standard InChI is InChI=1S/C21H28BrClN4O2Si/c1-21(2,29-30(3,4)5)18-10-17(19(28)16-11-24-13-25-20(16)23)26-27(18)12-14-7-6-8-15(22)9-14/h6-11,13,17,19,26,28H,12H2,1-5H3. The van der Waals surface area contributed by atoms with Crippen molar-refractivity contribution >= 4 is 35.8 Å². The molecule has 2 N–H and O–H groups in total. The summed E-state index contributed by atoms with van der Waals surface area (Å²) in [7, 11) is -1.82. The Morgan fingerprint density at radius 1 is 1.37 bits per heavy atom. The van der Waals surface area contributed by atoms with Crippen LogP contribution in [0.1, 0.15) is 31.1 Å². The van der Waals surface area contributed by atoms with Crippen LogP contribution >= 0.6 is 27.5 Å². The van der Waals surface area contributed by atoms with Gasteiger partial charge in [0.25, 0.3) is 0 Å². The lowest BCUT2D eigenvalue weighted by Crippen LogP contribution is -2.47. The van der Waals surface area contributed by atoms with Crippen molar-refractivity contribution in [3.63, 3.8) is 0 Å². The zero-order valence-electron chi connectivity index (χ0n) is 17.9. The van der Waals surface area contributed by atoms with Crippen LogP contribution in [0.15, 0.2) is 53.0 Å². The summed E-state index contributed by atoms with van der Waals surface area (Å²) in [5.74, 6) is 0. The van der Waals surface area contributed by atoms with E-state index < -0.39 is 20.0 Å². The first kappa shape index (κ1) is 23.4. The molecular formula is C21H28BrClN4O2Si. The van der Waals surface area contributed by atoms with Crippen molar-refractivity contribution in [2.75, 3.05) is 0 Å². The molecule has 0 bridgehead atoms. The van der Waals surface area contributed by atoms with Crippen LogP contribution in [0.5, 0.6) is 0 Å². The Morgan fingerprint density at radius 2 is 2.10 bits per heavy atom. The van der Waals surface area contributed by atoms with Gasteiger partial charge in [-0.25, -0.2) is 15.4 Å². The number of halogens is 2. The van der Waals surface area contributed by atoms with Crippen molar-refractivity contribution in [3.8, 4) is 0 Å². The molecule has 2 unspecified atom stereocenters. The van der Waals surface area contributed by atoms with Gasteiger partial charge in [-0.2, -0.15) is 0 Å². The monoisotopic (exact) mass is 510 g/mol. The molecule has 2 aromatic rings. The molecule has 2 heterocycles. The molecule has 1 aromatic carbocycles. The molecule has 0 amide bonds. The number of nitrogens with zero attached hydrogens (tertiary/aromatic N) is 3. The van der Waals surface area contributed by atoms with Gasteiger partial charge in [-0.3, -0.25) is 0 Å². The van der Waals surface area contributed by atoms with Gasteiger partial charge >= 0.3 is 0 Å². The predicted molar refractivity (Wildman–Crippen MR) is 125 cm³/mol. The van der Waals surface area contributed by atoms with E-state index in [4.69, 9.17) is 16.0 Å². The quantitative estimate of drug-likeness (QED) is 0.410. The molecule has 3 rings (SSSR count). The molecule has 0 fully saturated rings.